The van der Waals surface area contributed by atoms with Gasteiger partial charge in [-0.1, -0.05) is 13.0 Å². The van der Waals surface area contributed by atoms with Crippen LogP contribution in [-0.2, 0) is 16.3 Å². The topological polar surface area (TPSA) is 78.6 Å². The highest BCUT2D eigenvalue weighted by molar-refractivity contribution is 7.91. The predicted molar refractivity (Wildman–Crippen MR) is 82.7 cm³/mol. The van der Waals surface area contributed by atoms with E-state index in [4.69, 9.17) is 15.2 Å². The van der Waals surface area contributed by atoms with Crippen molar-refractivity contribution in [1.82, 2.24) is 0 Å². The number of nitrogens with two attached hydrogens (primary N) is 1. The normalized spacial score (nSPS) is 22.0. The maximum Gasteiger partial charge on any atom is 0.161 e. The zero-order chi connectivity index (χ0) is 15.5. The van der Waals surface area contributed by atoms with E-state index in [1.807, 2.05) is 18.2 Å². The smallest absolute Gasteiger partial charge is 0.161 e. The lowest BCUT2D eigenvalue weighted by molar-refractivity contribution is 0.218. The van der Waals surface area contributed by atoms with Crippen LogP contribution in [0.25, 0.3) is 0 Å². The number of rotatable bonds is 6. The molecule has 2 atom stereocenters. The first kappa shape index (κ1) is 16.1. The minimum Gasteiger partial charge on any atom is -0.493 e. The predicted octanol–water partition coefficient (Wildman–Crippen LogP) is 1.54. The Kier molecular flexibility index (Phi) is 5.11. The van der Waals surface area contributed by atoms with Crippen LogP contribution < -0.4 is 15.2 Å². The Morgan fingerprint density at radius 1 is 1.38 bits per heavy atom. The first-order valence-corrected chi connectivity index (χ1v) is 9.05. The Morgan fingerprint density at radius 2 is 2.14 bits per heavy atom. The molecule has 5 nitrogen and oxygen atoms in total. The van der Waals surface area contributed by atoms with Crippen LogP contribution in [-0.4, -0.2) is 39.2 Å². The molecule has 2 unspecified atom stereocenters. The molecule has 6 heteroatoms. The summed E-state index contributed by atoms with van der Waals surface area (Å²) in [6.07, 6.45) is 1.95. The number of sulfone groups is 1. The standard InChI is InChI=1S/C15H23NO4S/c1-3-12(16)8-11-4-5-14(15(9-11)19-2)20-13-6-7-21(17,18)10-13/h4-5,9,12-13H,3,6-8,10,16H2,1-2H3. The molecule has 2 rings (SSSR count). The van der Waals surface area contributed by atoms with Crippen LogP contribution in [0.1, 0.15) is 25.3 Å². The zero-order valence-electron chi connectivity index (χ0n) is 12.5. The Bertz CT molecular complexity index is 585. The van der Waals surface area contributed by atoms with Crippen LogP contribution in [0.15, 0.2) is 18.2 Å². The maximum atomic E-state index is 11.5. The molecule has 1 saturated heterocycles. The molecule has 0 aliphatic carbocycles. The van der Waals surface area contributed by atoms with E-state index in [0.717, 1.165) is 18.4 Å². The lowest BCUT2D eigenvalue weighted by Gasteiger charge is -2.16. The quantitative estimate of drug-likeness (QED) is 0.862. The molecule has 0 saturated carbocycles. The van der Waals surface area contributed by atoms with Crippen LogP contribution in [0.3, 0.4) is 0 Å². The van der Waals surface area contributed by atoms with Gasteiger partial charge >= 0.3 is 0 Å². The van der Waals surface area contributed by atoms with E-state index in [-0.39, 0.29) is 23.7 Å². The molecule has 1 fully saturated rings. The summed E-state index contributed by atoms with van der Waals surface area (Å²) in [5.74, 6) is 1.50. The Labute approximate surface area is 126 Å². The van der Waals surface area contributed by atoms with E-state index < -0.39 is 9.84 Å². The van der Waals surface area contributed by atoms with Crippen LogP contribution in [0, 0.1) is 0 Å². The summed E-state index contributed by atoms with van der Waals surface area (Å²) >= 11 is 0. The van der Waals surface area contributed by atoms with Gasteiger partial charge in [0, 0.05) is 6.04 Å². The molecule has 1 aliphatic heterocycles. The van der Waals surface area contributed by atoms with Gasteiger partial charge in [-0.05, 0) is 37.0 Å². The summed E-state index contributed by atoms with van der Waals surface area (Å²) in [5, 5.41) is 0. The van der Waals surface area contributed by atoms with Crippen LogP contribution in [0.4, 0.5) is 0 Å². The number of methoxy groups -OCH3 is 1. The van der Waals surface area contributed by atoms with E-state index in [9.17, 15) is 8.42 Å². The van der Waals surface area contributed by atoms with Crippen molar-refractivity contribution in [2.75, 3.05) is 18.6 Å². The summed E-state index contributed by atoms with van der Waals surface area (Å²) in [5.41, 5.74) is 7.05. The van der Waals surface area contributed by atoms with E-state index >= 15 is 0 Å². The van der Waals surface area contributed by atoms with E-state index in [1.54, 1.807) is 7.11 Å². The van der Waals surface area contributed by atoms with Gasteiger partial charge in [0.2, 0.25) is 0 Å². The largest absolute Gasteiger partial charge is 0.493 e. The Hall–Kier alpha value is -1.27. The highest BCUT2D eigenvalue weighted by Gasteiger charge is 2.30. The van der Waals surface area contributed by atoms with Gasteiger partial charge < -0.3 is 15.2 Å². The second kappa shape index (κ2) is 6.66. The maximum absolute atomic E-state index is 11.5. The number of benzene rings is 1. The molecule has 0 amide bonds. The molecule has 1 aliphatic rings. The fourth-order valence-corrected chi connectivity index (χ4v) is 4.01. The molecular formula is C15H23NO4S. The van der Waals surface area contributed by atoms with Gasteiger partial charge in [0.15, 0.2) is 21.3 Å². The summed E-state index contributed by atoms with van der Waals surface area (Å²) in [6.45, 7) is 2.06. The molecule has 1 aromatic rings. The zero-order valence-corrected chi connectivity index (χ0v) is 13.4. The van der Waals surface area contributed by atoms with Crippen LogP contribution in [0.5, 0.6) is 11.5 Å². The van der Waals surface area contributed by atoms with Crippen molar-refractivity contribution >= 4 is 9.84 Å². The van der Waals surface area contributed by atoms with Gasteiger partial charge in [0.1, 0.15) is 6.10 Å². The molecule has 0 spiro atoms. The van der Waals surface area contributed by atoms with Crippen molar-refractivity contribution < 1.29 is 17.9 Å². The number of hydrogen-bond donors (Lipinski definition) is 1. The van der Waals surface area contributed by atoms with Gasteiger partial charge in [-0.25, -0.2) is 8.42 Å². The SMILES string of the molecule is CCC(N)Cc1ccc(OC2CCS(=O)(=O)C2)c(OC)c1. The van der Waals surface area contributed by atoms with Crippen molar-refractivity contribution in [2.24, 2.45) is 5.73 Å². The van der Waals surface area contributed by atoms with E-state index in [1.165, 1.54) is 0 Å². The summed E-state index contributed by atoms with van der Waals surface area (Å²) in [4.78, 5) is 0. The van der Waals surface area contributed by atoms with Gasteiger partial charge in [-0.2, -0.15) is 0 Å². The third-order valence-electron chi connectivity index (χ3n) is 3.73. The third-order valence-corrected chi connectivity index (χ3v) is 5.47. The number of hydrogen-bond acceptors (Lipinski definition) is 5. The van der Waals surface area contributed by atoms with Gasteiger partial charge in [-0.3, -0.25) is 0 Å². The molecule has 0 aromatic heterocycles. The average molecular weight is 313 g/mol. The highest BCUT2D eigenvalue weighted by atomic mass is 32.2. The molecule has 118 valence electrons. The monoisotopic (exact) mass is 313 g/mol. The van der Waals surface area contributed by atoms with Crippen molar-refractivity contribution in [3.05, 3.63) is 23.8 Å². The van der Waals surface area contributed by atoms with Gasteiger partial charge in [0.25, 0.3) is 0 Å². The Balaban J connectivity index is 2.09. The van der Waals surface area contributed by atoms with Crippen molar-refractivity contribution in [3.63, 3.8) is 0 Å². The second-order valence-electron chi connectivity index (χ2n) is 5.50. The highest BCUT2D eigenvalue weighted by Crippen LogP contribution is 2.31. The third kappa shape index (κ3) is 4.35. The minimum atomic E-state index is -2.94. The molecule has 1 heterocycles. The molecule has 0 radical (unpaired) electrons. The fraction of sp³-hybridized carbons (Fsp3) is 0.600. The first-order chi connectivity index (χ1) is 9.93. The lowest BCUT2D eigenvalue weighted by atomic mass is 10.0. The van der Waals surface area contributed by atoms with Crippen LogP contribution in [0.2, 0.25) is 0 Å². The first-order valence-electron chi connectivity index (χ1n) is 7.23. The fourth-order valence-electron chi connectivity index (χ4n) is 2.42. The van der Waals surface area contributed by atoms with Gasteiger partial charge in [0.05, 0.1) is 18.6 Å². The van der Waals surface area contributed by atoms with Crippen LogP contribution >= 0.6 is 0 Å². The van der Waals surface area contributed by atoms with Crippen molar-refractivity contribution in [2.45, 2.75) is 38.3 Å². The minimum absolute atomic E-state index is 0.0820. The second-order valence-corrected chi connectivity index (χ2v) is 7.73. The van der Waals surface area contributed by atoms with Crippen molar-refractivity contribution in [3.8, 4) is 11.5 Å². The van der Waals surface area contributed by atoms with E-state index in [0.29, 0.717) is 17.9 Å². The molecular weight excluding hydrogens is 290 g/mol. The molecule has 21 heavy (non-hydrogen) atoms. The Morgan fingerprint density at radius 3 is 2.71 bits per heavy atom. The molecule has 2 N–H and O–H groups in total. The summed E-state index contributed by atoms with van der Waals surface area (Å²) < 4.78 is 34.1. The average Bonchev–Trinajstić information content (AvgIpc) is 2.79. The summed E-state index contributed by atoms with van der Waals surface area (Å²) in [6, 6.07) is 5.83. The van der Waals surface area contributed by atoms with Gasteiger partial charge in [-0.15, -0.1) is 0 Å². The molecule has 1 aromatic carbocycles. The van der Waals surface area contributed by atoms with E-state index in [2.05, 4.69) is 6.92 Å². The number of ether oxygens (including phenoxy) is 2. The lowest BCUT2D eigenvalue weighted by Crippen LogP contribution is -2.21. The summed E-state index contributed by atoms with van der Waals surface area (Å²) in [7, 11) is -1.36. The van der Waals surface area contributed by atoms with Crippen molar-refractivity contribution in [1.29, 1.82) is 0 Å². The molecule has 0 bridgehead atoms.